The summed E-state index contributed by atoms with van der Waals surface area (Å²) in [6.45, 7) is 11.0. The molecule has 2 heteroatoms. The van der Waals surface area contributed by atoms with E-state index in [9.17, 15) is 0 Å². The van der Waals surface area contributed by atoms with Gasteiger partial charge in [0.1, 0.15) is 0 Å². The van der Waals surface area contributed by atoms with Crippen molar-refractivity contribution in [1.82, 2.24) is 5.32 Å². The molecule has 2 fully saturated rings. The van der Waals surface area contributed by atoms with Crippen molar-refractivity contribution in [3.8, 4) is 0 Å². The summed E-state index contributed by atoms with van der Waals surface area (Å²) >= 11 is 0. The Kier molecular flexibility index (Phi) is 2.73. The molecule has 1 saturated carbocycles. The molecular weight excluding hydrogens is 182 g/mol. The molecule has 0 spiro atoms. The lowest BCUT2D eigenvalue weighted by Crippen LogP contribution is -2.44. The summed E-state index contributed by atoms with van der Waals surface area (Å²) in [5.74, 6) is 0.872. The smallest absolute Gasteiger partial charge is 0.00759 e. The lowest BCUT2D eigenvalue weighted by atomic mass is 9.55. The molecule has 0 radical (unpaired) electrons. The van der Waals surface area contributed by atoms with Crippen molar-refractivity contribution in [1.29, 1.82) is 0 Å². The van der Waals surface area contributed by atoms with E-state index in [1.165, 1.54) is 19.4 Å². The molecule has 78 valence electrons. The Morgan fingerprint density at radius 2 is 1.85 bits per heavy atom. The summed E-state index contributed by atoms with van der Waals surface area (Å²) in [7, 11) is 0. The van der Waals surface area contributed by atoms with Crippen molar-refractivity contribution in [2.45, 2.75) is 46.6 Å². The van der Waals surface area contributed by atoms with E-state index >= 15 is 0 Å². The van der Waals surface area contributed by atoms with Gasteiger partial charge in [-0.15, -0.1) is 12.4 Å². The molecule has 0 aromatic heterocycles. The van der Waals surface area contributed by atoms with Crippen molar-refractivity contribution >= 4 is 12.4 Å². The molecule has 3 atom stereocenters. The first kappa shape index (κ1) is 11.3. The van der Waals surface area contributed by atoms with Gasteiger partial charge >= 0.3 is 0 Å². The second-order valence-corrected chi connectivity index (χ2v) is 5.70. The zero-order valence-electron chi connectivity index (χ0n) is 9.18. The highest BCUT2D eigenvalue weighted by molar-refractivity contribution is 5.85. The maximum Gasteiger partial charge on any atom is 0.00759 e. The van der Waals surface area contributed by atoms with Gasteiger partial charge in [-0.1, -0.05) is 27.7 Å². The van der Waals surface area contributed by atoms with Crippen LogP contribution in [0.3, 0.4) is 0 Å². The van der Waals surface area contributed by atoms with E-state index in [0.29, 0.717) is 10.8 Å². The maximum absolute atomic E-state index is 3.65. The fraction of sp³-hybridized carbons (Fsp3) is 1.00. The van der Waals surface area contributed by atoms with Gasteiger partial charge in [-0.05, 0) is 29.6 Å². The second-order valence-electron chi connectivity index (χ2n) is 5.70. The molecule has 1 aliphatic carbocycles. The second kappa shape index (κ2) is 3.13. The van der Waals surface area contributed by atoms with Crippen LogP contribution in [0.4, 0.5) is 0 Å². The van der Waals surface area contributed by atoms with E-state index < -0.39 is 0 Å². The lowest BCUT2D eigenvalue weighted by Gasteiger charge is -2.49. The Labute approximate surface area is 88.1 Å². The number of rotatable bonds is 0. The Morgan fingerprint density at radius 1 is 1.23 bits per heavy atom. The fourth-order valence-corrected chi connectivity index (χ4v) is 3.03. The molecule has 1 N–H and O–H groups in total. The summed E-state index contributed by atoms with van der Waals surface area (Å²) in [5, 5.41) is 3.65. The molecule has 1 saturated heterocycles. The first-order chi connectivity index (χ1) is 5.46. The largest absolute Gasteiger partial charge is 0.313 e. The van der Waals surface area contributed by atoms with E-state index in [0.717, 1.165) is 12.0 Å². The van der Waals surface area contributed by atoms with Gasteiger partial charge in [0.15, 0.2) is 0 Å². The highest BCUT2D eigenvalue weighted by Gasteiger charge is 2.53. The van der Waals surface area contributed by atoms with Gasteiger partial charge in [-0.3, -0.25) is 0 Å². The predicted molar refractivity (Wildman–Crippen MR) is 59.3 cm³/mol. The first-order valence-electron chi connectivity index (χ1n) is 5.19. The van der Waals surface area contributed by atoms with Crippen molar-refractivity contribution in [2.24, 2.45) is 16.7 Å². The highest BCUT2D eigenvalue weighted by atomic mass is 35.5. The van der Waals surface area contributed by atoms with Crippen LogP contribution in [0.1, 0.15) is 40.5 Å². The number of hydrogen-bond acceptors (Lipinski definition) is 1. The van der Waals surface area contributed by atoms with Crippen LogP contribution in [-0.4, -0.2) is 12.6 Å². The monoisotopic (exact) mass is 203 g/mol. The Bertz CT molecular complexity index is 200. The molecule has 0 aromatic rings. The minimum atomic E-state index is 0. The Balaban J connectivity index is 0.000000845. The van der Waals surface area contributed by atoms with Crippen molar-refractivity contribution in [3.63, 3.8) is 0 Å². The van der Waals surface area contributed by atoms with Crippen LogP contribution in [0.25, 0.3) is 0 Å². The van der Waals surface area contributed by atoms with E-state index in [-0.39, 0.29) is 12.4 Å². The predicted octanol–water partition coefficient (Wildman–Crippen LogP) is 2.84. The molecule has 2 aliphatic rings. The van der Waals surface area contributed by atoms with E-state index in [2.05, 4.69) is 33.0 Å². The van der Waals surface area contributed by atoms with Crippen LogP contribution in [-0.2, 0) is 0 Å². The summed E-state index contributed by atoms with van der Waals surface area (Å²) in [5.41, 5.74) is 1.07. The summed E-state index contributed by atoms with van der Waals surface area (Å²) in [6.07, 6.45) is 2.77. The van der Waals surface area contributed by atoms with Gasteiger partial charge in [0, 0.05) is 12.6 Å². The first-order valence-corrected chi connectivity index (χ1v) is 5.19. The van der Waals surface area contributed by atoms with Gasteiger partial charge in [0.2, 0.25) is 0 Å². The number of nitrogens with one attached hydrogen (secondary N) is 1. The number of halogens is 1. The average Bonchev–Trinajstić information content (AvgIpc) is 2.29. The van der Waals surface area contributed by atoms with Crippen LogP contribution < -0.4 is 5.32 Å². The molecule has 3 unspecified atom stereocenters. The Hall–Kier alpha value is 0.250. The molecule has 1 nitrogen and oxygen atoms in total. The third kappa shape index (κ3) is 1.41. The maximum atomic E-state index is 3.65. The molecule has 1 heterocycles. The highest BCUT2D eigenvalue weighted by Crippen LogP contribution is 2.55. The number of hydrogen-bond donors (Lipinski definition) is 1. The van der Waals surface area contributed by atoms with E-state index in [1.807, 2.05) is 0 Å². The quantitative estimate of drug-likeness (QED) is 0.639. The van der Waals surface area contributed by atoms with Crippen LogP contribution in [0, 0.1) is 16.7 Å². The van der Waals surface area contributed by atoms with Gasteiger partial charge < -0.3 is 5.32 Å². The van der Waals surface area contributed by atoms with Crippen molar-refractivity contribution in [3.05, 3.63) is 0 Å². The molecule has 0 aromatic carbocycles. The normalized spacial score (nSPS) is 47.1. The third-order valence-electron chi connectivity index (χ3n) is 4.90. The molecular formula is C11H22ClN. The molecule has 1 aliphatic heterocycles. The molecule has 2 rings (SSSR count). The van der Waals surface area contributed by atoms with Crippen LogP contribution in [0.2, 0.25) is 0 Å². The van der Waals surface area contributed by atoms with Crippen LogP contribution in [0.5, 0.6) is 0 Å². The van der Waals surface area contributed by atoms with E-state index in [4.69, 9.17) is 0 Å². The zero-order chi connectivity index (χ0) is 8.98. The molecule has 13 heavy (non-hydrogen) atoms. The SMILES string of the molecule is CC1CC2CC(C)(CN2)C1(C)C.Cl. The summed E-state index contributed by atoms with van der Waals surface area (Å²) in [6, 6.07) is 0.818. The van der Waals surface area contributed by atoms with Gasteiger partial charge in [-0.25, -0.2) is 0 Å². The topological polar surface area (TPSA) is 12.0 Å². The van der Waals surface area contributed by atoms with E-state index in [1.54, 1.807) is 0 Å². The minimum absolute atomic E-state index is 0. The Morgan fingerprint density at radius 3 is 2.46 bits per heavy atom. The third-order valence-corrected chi connectivity index (χ3v) is 4.90. The summed E-state index contributed by atoms with van der Waals surface area (Å²) < 4.78 is 0. The lowest BCUT2D eigenvalue weighted by molar-refractivity contribution is 0.0165. The van der Waals surface area contributed by atoms with Crippen molar-refractivity contribution < 1.29 is 0 Å². The molecule has 2 bridgehead atoms. The number of fused-ring (bicyclic) bond motifs is 2. The van der Waals surface area contributed by atoms with Gasteiger partial charge in [0.05, 0.1) is 0 Å². The van der Waals surface area contributed by atoms with Crippen molar-refractivity contribution in [2.75, 3.05) is 6.54 Å². The fourth-order valence-electron chi connectivity index (χ4n) is 3.03. The van der Waals surface area contributed by atoms with Crippen LogP contribution in [0.15, 0.2) is 0 Å². The standard InChI is InChI=1S/C11H21N.ClH/c1-8-5-9-6-11(4,7-12-9)10(8,2)3;/h8-9,12H,5-7H2,1-4H3;1H. The minimum Gasteiger partial charge on any atom is -0.313 e. The van der Waals surface area contributed by atoms with Gasteiger partial charge in [-0.2, -0.15) is 0 Å². The van der Waals surface area contributed by atoms with Gasteiger partial charge in [0.25, 0.3) is 0 Å². The zero-order valence-corrected chi connectivity index (χ0v) is 10.0. The van der Waals surface area contributed by atoms with Crippen LogP contribution >= 0.6 is 12.4 Å². The average molecular weight is 204 g/mol. The molecule has 0 amide bonds. The summed E-state index contributed by atoms with van der Waals surface area (Å²) in [4.78, 5) is 0.